The van der Waals surface area contributed by atoms with Crippen molar-refractivity contribution in [2.24, 2.45) is 0 Å². The van der Waals surface area contributed by atoms with Gasteiger partial charge in [-0.05, 0) is 18.4 Å². The maximum atomic E-state index is 10.1. The Labute approximate surface area is 70.0 Å². The molecule has 0 aromatic heterocycles. The Morgan fingerprint density at radius 1 is 1.91 bits per heavy atom. The van der Waals surface area contributed by atoms with Crippen molar-refractivity contribution in [1.29, 1.82) is 0 Å². The monoisotopic (exact) mass is 176 g/mol. The summed E-state index contributed by atoms with van der Waals surface area (Å²) in [6.07, 6.45) is 3.73. The summed E-state index contributed by atoms with van der Waals surface area (Å²) in [5, 5.41) is 2.70. The van der Waals surface area contributed by atoms with Crippen LogP contribution in [0.2, 0.25) is 0 Å². The van der Waals surface area contributed by atoms with Crippen LogP contribution in [0.4, 0.5) is 0 Å². The first-order valence-electron chi connectivity index (χ1n) is 3.48. The molecule has 1 rings (SSSR count). The molecule has 0 aliphatic carbocycles. The van der Waals surface area contributed by atoms with Crippen molar-refractivity contribution >= 4 is 18.2 Å². The van der Waals surface area contributed by atoms with E-state index in [-0.39, 0.29) is 12.3 Å². The van der Waals surface area contributed by atoms with Crippen LogP contribution in [0.5, 0.6) is 0 Å². The summed E-state index contributed by atoms with van der Waals surface area (Å²) in [4.78, 5) is 14.9. The van der Waals surface area contributed by atoms with Gasteiger partial charge in [-0.15, -0.1) is 0 Å². The minimum Gasteiger partial charge on any atom is -0.352 e. The smallest absolute Gasteiger partial charge is 0.207 e. The number of hydroxylamine groups is 1. The zero-order valence-electron chi connectivity index (χ0n) is 6.37. The zero-order valence-corrected chi connectivity index (χ0v) is 7.19. The van der Waals surface area contributed by atoms with Crippen molar-refractivity contribution in [2.75, 3.05) is 12.0 Å². The molecule has 0 radical (unpaired) electrons. The first-order valence-corrected chi connectivity index (χ1v) is 4.87. The van der Waals surface area contributed by atoms with Gasteiger partial charge in [0.1, 0.15) is 0 Å². The van der Waals surface area contributed by atoms with Crippen molar-refractivity contribution in [2.45, 2.75) is 18.7 Å². The molecule has 1 aliphatic rings. The summed E-state index contributed by atoms with van der Waals surface area (Å²) in [7, 11) is 0. The third-order valence-corrected chi connectivity index (χ3v) is 2.18. The van der Waals surface area contributed by atoms with Gasteiger partial charge in [-0.2, -0.15) is 17.2 Å². The summed E-state index contributed by atoms with van der Waals surface area (Å²) in [6.45, 7) is 0. The second-order valence-electron chi connectivity index (χ2n) is 2.33. The molecule has 1 amide bonds. The van der Waals surface area contributed by atoms with E-state index >= 15 is 0 Å². The summed E-state index contributed by atoms with van der Waals surface area (Å²) in [6, 6.07) is 0.125. The molecule has 4 nitrogen and oxygen atoms in total. The van der Waals surface area contributed by atoms with Gasteiger partial charge in [-0.3, -0.25) is 9.63 Å². The number of nitrogens with one attached hydrogen (secondary N) is 2. The lowest BCUT2D eigenvalue weighted by atomic mass is 10.2. The molecule has 2 atom stereocenters. The number of hydrogen-bond acceptors (Lipinski definition) is 4. The average molecular weight is 176 g/mol. The molecule has 2 N–H and O–H groups in total. The quantitative estimate of drug-likeness (QED) is 0.431. The molecule has 1 heterocycles. The second kappa shape index (κ2) is 4.58. The molecule has 1 fully saturated rings. The highest BCUT2D eigenvalue weighted by molar-refractivity contribution is 7.98. The van der Waals surface area contributed by atoms with Gasteiger partial charge in [-0.1, -0.05) is 0 Å². The number of carbonyl (C=O) groups excluding carboxylic acids is 1. The van der Waals surface area contributed by atoms with Crippen molar-refractivity contribution in [3.05, 3.63) is 0 Å². The Bertz CT molecular complexity index is 130. The van der Waals surface area contributed by atoms with Gasteiger partial charge >= 0.3 is 0 Å². The van der Waals surface area contributed by atoms with Gasteiger partial charge in [0.05, 0.1) is 6.04 Å². The highest BCUT2D eigenvalue weighted by Gasteiger charge is 2.31. The van der Waals surface area contributed by atoms with Crippen LogP contribution in [0.3, 0.4) is 0 Å². The van der Waals surface area contributed by atoms with E-state index in [1.165, 1.54) is 0 Å². The van der Waals surface area contributed by atoms with Gasteiger partial charge in [-0.25, -0.2) is 0 Å². The fourth-order valence-corrected chi connectivity index (χ4v) is 1.35. The molecule has 0 aromatic rings. The Balaban J connectivity index is 2.15. The van der Waals surface area contributed by atoms with Crippen LogP contribution in [0.25, 0.3) is 0 Å². The predicted octanol–water partition coefficient (Wildman–Crippen LogP) is -0.285. The SMILES string of the molecule is CSCC[C@H](NC=O)[C@@H]1NO1. The molecular weight excluding hydrogens is 164 g/mol. The summed E-state index contributed by atoms with van der Waals surface area (Å²) in [5.74, 6) is 1.03. The van der Waals surface area contributed by atoms with E-state index in [4.69, 9.17) is 4.84 Å². The van der Waals surface area contributed by atoms with Crippen LogP contribution in [0.1, 0.15) is 6.42 Å². The van der Waals surface area contributed by atoms with Crippen LogP contribution in [-0.2, 0) is 9.63 Å². The van der Waals surface area contributed by atoms with E-state index in [1.807, 2.05) is 6.26 Å². The van der Waals surface area contributed by atoms with Crippen molar-refractivity contribution in [3.8, 4) is 0 Å². The fraction of sp³-hybridized carbons (Fsp3) is 0.833. The van der Waals surface area contributed by atoms with Gasteiger partial charge in [0.25, 0.3) is 0 Å². The Morgan fingerprint density at radius 2 is 2.64 bits per heavy atom. The molecule has 5 heteroatoms. The number of thioether (sulfide) groups is 1. The standard InChI is InChI=1S/C6H12N2O2S/c1-11-3-2-5(7-4-9)6-8-10-6/h4-6,8H,2-3H2,1H3,(H,7,9)/t5-,6+/m0/s1. The maximum Gasteiger partial charge on any atom is 0.207 e. The molecule has 0 saturated carbocycles. The van der Waals surface area contributed by atoms with Crippen LogP contribution < -0.4 is 10.8 Å². The minimum absolute atomic E-state index is 0.0346. The van der Waals surface area contributed by atoms with Crippen LogP contribution in [0.15, 0.2) is 0 Å². The topological polar surface area (TPSA) is 63.6 Å². The van der Waals surface area contributed by atoms with Crippen LogP contribution in [-0.4, -0.2) is 30.7 Å². The number of hydrogen-bond donors (Lipinski definition) is 2. The molecule has 0 unspecified atom stereocenters. The van der Waals surface area contributed by atoms with E-state index in [0.717, 1.165) is 12.2 Å². The van der Waals surface area contributed by atoms with Gasteiger partial charge in [0.2, 0.25) is 6.41 Å². The second-order valence-corrected chi connectivity index (χ2v) is 3.31. The summed E-state index contributed by atoms with van der Waals surface area (Å²) in [5.41, 5.74) is 2.70. The molecule has 0 bridgehead atoms. The van der Waals surface area contributed by atoms with E-state index in [0.29, 0.717) is 6.41 Å². The summed E-state index contributed by atoms with van der Waals surface area (Å²) < 4.78 is 0. The Morgan fingerprint density at radius 3 is 3.09 bits per heavy atom. The van der Waals surface area contributed by atoms with Crippen molar-refractivity contribution in [1.82, 2.24) is 10.8 Å². The van der Waals surface area contributed by atoms with E-state index in [9.17, 15) is 4.79 Å². The molecule has 0 spiro atoms. The third kappa shape index (κ3) is 3.09. The largest absolute Gasteiger partial charge is 0.352 e. The van der Waals surface area contributed by atoms with Gasteiger partial charge in [0, 0.05) is 0 Å². The number of amides is 1. The van der Waals surface area contributed by atoms with Gasteiger partial charge in [0.15, 0.2) is 6.23 Å². The molecule has 1 saturated heterocycles. The van der Waals surface area contributed by atoms with Crippen molar-refractivity contribution in [3.63, 3.8) is 0 Å². The van der Waals surface area contributed by atoms with E-state index < -0.39 is 0 Å². The summed E-state index contributed by atoms with van der Waals surface area (Å²) >= 11 is 1.76. The Kier molecular flexibility index (Phi) is 3.68. The highest BCUT2D eigenvalue weighted by atomic mass is 32.2. The fourth-order valence-electron chi connectivity index (χ4n) is 0.858. The molecule has 0 aromatic carbocycles. The zero-order chi connectivity index (χ0) is 8.10. The van der Waals surface area contributed by atoms with Crippen LogP contribution >= 0.6 is 11.8 Å². The first kappa shape index (κ1) is 8.83. The van der Waals surface area contributed by atoms with Crippen LogP contribution in [0, 0.1) is 0 Å². The number of rotatable bonds is 6. The van der Waals surface area contributed by atoms with E-state index in [1.54, 1.807) is 11.8 Å². The normalized spacial score (nSPS) is 24.3. The molecule has 64 valence electrons. The minimum atomic E-state index is 0.0346. The molecule has 1 aliphatic heterocycles. The average Bonchev–Trinajstić information content (AvgIpc) is 2.80. The van der Waals surface area contributed by atoms with Gasteiger partial charge < -0.3 is 5.32 Å². The van der Waals surface area contributed by atoms with E-state index in [2.05, 4.69) is 10.8 Å². The highest BCUT2D eigenvalue weighted by Crippen LogP contribution is 2.11. The molecule has 11 heavy (non-hydrogen) atoms. The number of carbonyl (C=O) groups is 1. The predicted molar refractivity (Wildman–Crippen MR) is 44.0 cm³/mol. The lowest BCUT2D eigenvalue weighted by Gasteiger charge is -2.10. The third-order valence-electron chi connectivity index (χ3n) is 1.53. The van der Waals surface area contributed by atoms with Crippen molar-refractivity contribution < 1.29 is 9.63 Å². The maximum absolute atomic E-state index is 10.1. The first-order chi connectivity index (χ1) is 5.38. The lowest BCUT2D eigenvalue weighted by Crippen LogP contribution is -2.34. The molecular formula is C6H12N2O2S. The lowest BCUT2D eigenvalue weighted by molar-refractivity contribution is -0.110. The Hall–Kier alpha value is -0.260.